The molecule has 4 heteroatoms. The second-order valence-electron chi connectivity index (χ2n) is 6.08. The normalized spacial score (nSPS) is 24.2. The molecule has 2 fully saturated rings. The van der Waals surface area contributed by atoms with Crippen molar-refractivity contribution < 1.29 is 14.2 Å². The summed E-state index contributed by atoms with van der Waals surface area (Å²) in [7, 11) is 1.67. The fourth-order valence-corrected chi connectivity index (χ4v) is 3.73. The van der Waals surface area contributed by atoms with Crippen LogP contribution in [0.3, 0.4) is 0 Å². The topological polar surface area (TPSA) is 27.7 Å². The summed E-state index contributed by atoms with van der Waals surface area (Å²) in [6.07, 6.45) is 7.05. The number of rotatable bonds is 4. The summed E-state index contributed by atoms with van der Waals surface area (Å²) in [6, 6.07) is 5.84. The number of halogens is 1. The van der Waals surface area contributed by atoms with E-state index in [9.17, 15) is 0 Å². The highest BCUT2D eigenvalue weighted by Crippen LogP contribution is 2.41. The monoisotopic (exact) mass is 310 g/mol. The third-order valence-electron chi connectivity index (χ3n) is 4.67. The smallest absolute Gasteiger partial charge is 0.127 e. The lowest BCUT2D eigenvalue weighted by Gasteiger charge is -2.38. The van der Waals surface area contributed by atoms with E-state index in [1.54, 1.807) is 7.11 Å². The van der Waals surface area contributed by atoms with E-state index in [1.165, 1.54) is 25.7 Å². The molecule has 1 unspecified atom stereocenters. The Kier molecular flexibility index (Phi) is 4.60. The number of benzene rings is 1. The maximum atomic E-state index is 6.26. The fraction of sp³-hybridized carbons (Fsp3) is 0.647. The Labute approximate surface area is 131 Å². The molecule has 1 atom stereocenters. The van der Waals surface area contributed by atoms with Crippen LogP contribution in [0, 0.1) is 0 Å². The van der Waals surface area contributed by atoms with Gasteiger partial charge in [-0.05, 0) is 18.9 Å². The minimum Gasteiger partial charge on any atom is -0.497 e. The first-order valence-corrected chi connectivity index (χ1v) is 8.32. The van der Waals surface area contributed by atoms with Crippen molar-refractivity contribution in [2.45, 2.75) is 56.1 Å². The molecule has 1 aliphatic heterocycles. The molecule has 0 N–H and O–H groups in total. The lowest BCUT2D eigenvalue weighted by molar-refractivity contribution is -0.108. The van der Waals surface area contributed by atoms with Crippen molar-refractivity contribution in [3.8, 4) is 11.5 Å². The first kappa shape index (κ1) is 15.0. The Balaban J connectivity index is 1.73. The lowest BCUT2D eigenvalue weighted by atomic mass is 9.90. The molecule has 1 saturated carbocycles. The van der Waals surface area contributed by atoms with Gasteiger partial charge in [0.1, 0.15) is 17.6 Å². The van der Waals surface area contributed by atoms with Gasteiger partial charge in [-0.2, -0.15) is 0 Å². The van der Waals surface area contributed by atoms with E-state index in [0.717, 1.165) is 36.5 Å². The summed E-state index contributed by atoms with van der Waals surface area (Å²) >= 11 is 6.02. The van der Waals surface area contributed by atoms with E-state index in [4.69, 9.17) is 25.8 Å². The van der Waals surface area contributed by atoms with Gasteiger partial charge < -0.3 is 14.2 Å². The molecule has 2 aliphatic rings. The molecular formula is C17H23ClO3. The van der Waals surface area contributed by atoms with Gasteiger partial charge in [0.25, 0.3) is 0 Å². The van der Waals surface area contributed by atoms with Crippen molar-refractivity contribution in [3.05, 3.63) is 23.8 Å². The zero-order valence-electron chi connectivity index (χ0n) is 12.6. The van der Waals surface area contributed by atoms with E-state index < -0.39 is 0 Å². The second kappa shape index (κ2) is 6.45. The second-order valence-corrected chi connectivity index (χ2v) is 6.35. The molecule has 1 spiro atoms. The average Bonchev–Trinajstić information content (AvgIpc) is 2.95. The molecule has 3 nitrogen and oxygen atoms in total. The van der Waals surface area contributed by atoms with Gasteiger partial charge in [0.15, 0.2) is 0 Å². The average molecular weight is 311 g/mol. The highest BCUT2D eigenvalue weighted by Gasteiger charge is 2.40. The SMILES string of the molecule is COc1ccc(CCl)c(OC2CCOC3(CCCC3)C2)c1. The minimum absolute atomic E-state index is 0.0723. The number of alkyl halides is 1. The van der Waals surface area contributed by atoms with E-state index in [-0.39, 0.29) is 11.7 Å². The molecule has 1 aromatic rings. The Bertz CT molecular complexity index is 483. The number of hydrogen-bond donors (Lipinski definition) is 0. The molecule has 0 amide bonds. The van der Waals surface area contributed by atoms with Gasteiger partial charge in [-0.3, -0.25) is 0 Å². The van der Waals surface area contributed by atoms with Crippen molar-refractivity contribution in [1.82, 2.24) is 0 Å². The maximum Gasteiger partial charge on any atom is 0.127 e. The predicted octanol–water partition coefficient (Wildman–Crippen LogP) is 4.30. The third kappa shape index (κ3) is 3.29. The van der Waals surface area contributed by atoms with Crippen molar-refractivity contribution in [3.63, 3.8) is 0 Å². The maximum absolute atomic E-state index is 6.26. The molecule has 1 aliphatic carbocycles. The van der Waals surface area contributed by atoms with Gasteiger partial charge in [-0.25, -0.2) is 0 Å². The Morgan fingerprint density at radius 2 is 2.14 bits per heavy atom. The van der Waals surface area contributed by atoms with E-state index in [2.05, 4.69) is 0 Å². The predicted molar refractivity (Wildman–Crippen MR) is 83.4 cm³/mol. The summed E-state index contributed by atoms with van der Waals surface area (Å²) in [4.78, 5) is 0. The van der Waals surface area contributed by atoms with Crippen LogP contribution in [0.15, 0.2) is 18.2 Å². The van der Waals surface area contributed by atoms with Gasteiger partial charge in [0.05, 0.1) is 25.2 Å². The number of ether oxygens (including phenoxy) is 3. The number of hydrogen-bond acceptors (Lipinski definition) is 3. The summed E-state index contributed by atoms with van der Waals surface area (Å²) in [5.74, 6) is 2.11. The van der Waals surface area contributed by atoms with Crippen LogP contribution in [-0.2, 0) is 10.6 Å². The quantitative estimate of drug-likeness (QED) is 0.776. The molecular weight excluding hydrogens is 288 g/mol. The molecule has 116 valence electrons. The van der Waals surface area contributed by atoms with Crippen molar-refractivity contribution >= 4 is 11.6 Å². The first-order chi connectivity index (χ1) is 10.2. The third-order valence-corrected chi connectivity index (χ3v) is 4.96. The van der Waals surface area contributed by atoms with Crippen LogP contribution in [0.25, 0.3) is 0 Å². The van der Waals surface area contributed by atoms with Gasteiger partial charge in [0, 0.05) is 24.5 Å². The zero-order chi connectivity index (χ0) is 14.7. The van der Waals surface area contributed by atoms with Crippen LogP contribution in [0.2, 0.25) is 0 Å². The lowest BCUT2D eigenvalue weighted by Crippen LogP contribution is -2.41. The van der Waals surface area contributed by atoms with Gasteiger partial charge in [0.2, 0.25) is 0 Å². The van der Waals surface area contributed by atoms with Gasteiger partial charge >= 0.3 is 0 Å². The van der Waals surface area contributed by atoms with Crippen molar-refractivity contribution in [2.75, 3.05) is 13.7 Å². The molecule has 0 radical (unpaired) electrons. The summed E-state index contributed by atoms with van der Waals surface area (Å²) < 4.78 is 17.6. The highest BCUT2D eigenvalue weighted by molar-refractivity contribution is 6.17. The van der Waals surface area contributed by atoms with E-state index in [0.29, 0.717) is 5.88 Å². The van der Waals surface area contributed by atoms with Crippen LogP contribution in [0.5, 0.6) is 11.5 Å². The van der Waals surface area contributed by atoms with Gasteiger partial charge in [-0.1, -0.05) is 18.9 Å². The van der Waals surface area contributed by atoms with Crippen LogP contribution < -0.4 is 9.47 Å². The number of methoxy groups -OCH3 is 1. The summed E-state index contributed by atoms with van der Waals surface area (Å²) in [5.41, 5.74) is 1.09. The summed E-state index contributed by atoms with van der Waals surface area (Å²) in [5, 5.41) is 0. The van der Waals surface area contributed by atoms with Crippen molar-refractivity contribution in [1.29, 1.82) is 0 Å². The van der Waals surface area contributed by atoms with E-state index in [1.807, 2.05) is 18.2 Å². The minimum atomic E-state index is 0.0723. The molecule has 1 heterocycles. The zero-order valence-corrected chi connectivity index (χ0v) is 13.3. The standard InChI is InChI=1S/C17H23ClO3/c1-19-14-5-4-13(12-18)16(10-14)21-15-6-9-20-17(11-15)7-2-3-8-17/h4-5,10,15H,2-3,6-9,11-12H2,1H3. The Morgan fingerprint density at radius 1 is 1.33 bits per heavy atom. The Hall–Kier alpha value is -0.930. The molecule has 1 saturated heterocycles. The molecule has 21 heavy (non-hydrogen) atoms. The highest BCUT2D eigenvalue weighted by atomic mass is 35.5. The molecule has 0 aromatic heterocycles. The molecule has 1 aromatic carbocycles. The summed E-state index contributed by atoms with van der Waals surface area (Å²) in [6.45, 7) is 0.796. The largest absolute Gasteiger partial charge is 0.497 e. The van der Waals surface area contributed by atoms with Crippen LogP contribution in [0.4, 0.5) is 0 Å². The van der Waals surface area contributed by atoms with Crippen LogP contribution in [-0.4, -0.2) is 25.4 Å². The van der Waals surface area contributed by atoms with Crippen molar-refractivity contribution in [2.24, 2.45) is 0 Å². The van der Waals surface area contributed by atoms with Crippen LogP contribution >= 0.6 is 11.6 Å². The first-order valence-electron chi connectivity index (χ1n) is 7.78. The molecule has 0 bridgehead atoms. The van der Waals surface area contributed by atoms with Crippen LogP contribution in [0.1, 0.15) is 44.1 Å². The fourth-order valence-electron chi connectivity index (χ4n) is 3.51. The Morgan fingerprint density at radius 3 is 2.86 bits per heavy atom. The van der Waals surface area contributed by atoms with E-state index >= 15 is 0 Å². The van der Waals surface area contributed by atoms with Gasteiger partial charge in [-0.15, -0.1) is 11.6 Å². The molecule has 3 rings (SSSR count).